The summed E-state index contributed by atoms with van der Waals surface area (Å²) in [4.78, 5) is 0.0222. The van der Waals surface area contributed by atoms with Crippen LogP contribution in [0.4, 0.5) is 5.69 Å². The van der Waals surface area contributed by atoms with Gasteiger partial charge in [-0.3, -0.25) is 0 Å². The Hall–Kier alpha value is -0.820. The molecule has 1 aliphatic carbocycles. The van der Waals surface area contributed by atoms with Crippen molar-refractivity contribution in [2.45, 2.75) is 36.8 Å². The van der Waals surface area contributed by atoms with Crippen LogP contribution >= 0.6 is 11.6 Å². The molecule has 0 unspecified atom stereocenters. The van der Waals surface area contributed by atoms with E-state index < -0.39 is 10.0 Å². The van der Waals surface area contributed by atoms with Crippen molar-refractivity contribution in [3.8, 4) is 0 Å². The fourth-order valence-electron chi connectivity index (χ4n) is 2.04. The molecule has 3 N–H and O–H groups in total. The van der Waals surface area contributed by atoms with Gasteiger partial charge in [0.2, 0.25) is 10.0 Å². The molecular weight excluding hydrogens is 288 g/mol. The van der Waals surface area contributed by atoms with Crippen molar-refractivity contribution in [3.05, 3.63) is 23.2 Å². The molecule has 0 heterocycles. The second-order valence-electron chi connectivity index (χ2n) is 4.56. The van der Waals surface area contributed by atoms with Crippen LogP contribution in [0.2, 0.25) is 5.02 Å². The molecule has 0 saturated heterocycles. The summed E-state index contributed by atoms with van der Waals surface area (Å²) in [5.41, 5.74) is 5.96. The minimum atomic E-state index is -3.63. The number of halogens is 1. The van der Waals surface area contributed by atoms with Gasteiger partial charge < -0.3 is 10.5 Å². The molecule has 1 fully saturated rings. The number of ether oxygens (including phenoxy) is 1. The standard InChI is InChI=1S/C12H17ClN2O3S/c1-2-18-10-6-9(7-10)15-19(16,17)12-5-8(14)3-4-11(12)13/h3-5,9-10,15H,2,6-7,14H2,1H3. The number of nitrogens with one attached hydrogen (secondary N) is 1. The first kappa shape index (κ1) is 14.6. The maximum Gasteiger partial charge on any atom is 0.242 e. The van der Waals surface area contributed by atoms with Crippen molar-refractivity contribution in [1.29, 1.82) is 0 Å². The smallest absolute Gasteiger partial charge is 0.242 e. The van der Waals surface area contributed by atoms with Gasteiger partial charge in [0, 0.05) is 18.3 Å². The molecule has 0 aliphatic heterocycles. The molecule has 106 valence electrons. The van der Waals surface area contributed by atoms with E-state index in [1.54, 1.807) is 6.07 Å². The molecule has 5 nitrogen and oxygen atoms in total. The van der Waals surface area contributed by atoms with Crippen LogP contribution in [0.3, 0.4) is 0 Å². The summed E-state index contributed by atoms with van der Waals surface area (Å²) < 4.78 is 32.4. The molecule has 7 heteroatoms. The van der Waals surface area contributed by atoms with Crippen LogP contribution in [0, 0.1) is 0 Å². The van der Waals surface area contributed by atoms with Crippen molar-refractivity contribution >= 4 is 27.3 Å². The summed E-state index contributed by atoms with van der Waals surface area (Å²) in [6.45, 7) is 2.56. The first-order valence-corrected chi connectivity index (χ1v) is 7.97. The summed E-state index contributed by atoms with van der Waals surface area (Å²) in [6, 6.07) is 4.31. The van der Waals surface area contributed by atoms with Gasteiger partial charge in [0.1, 0.15) is 4.90 Å². The van der Waals surface area contributed by atoms with Crippen molar-refractivity contribution in [2.24, 2.45) is 0 Å². The van der Waals surface area contributed by atoms with Gasteiger partial charge in [-0.2, -0.15) is 0 Å². The van der Waals surface area contributed by atoms with E-state index in [9.17, 15) is 8.42 Å². The van der Waals surface area contributed by atoms with E-state index in [1.807, 2.05) is 6.92 Å². The third-order valence-electron chi connectivity index (χ3n) is 3.06. The Morgan fingerprint density at radius 2 is 2.16 bits per heavy atom. The number of rotatable bonds is 5. The van der Waals surface area contributed by atoms with Gasteiger partial charge in [0.15, 0.2) is 0 Å². The summed E-state index contributed by atoms with van der Waals surface area (Å²) >= 11 is 5.90. The first-order chi connectivity index (χ1) is 8.92. The zero-order valence-electron chi connectivity index (χ0n) is 10.6. The second kappa shape index (κ2) is 5.66. The minimum Gasteiger partial charge on any atom is -0.399 e. The fraction of sp³-hybridized carbons (Fsp3) is 0.500. The molecule has 0 atom stereocenters. The molecule has 0 spiro atoms. The zero-order chi connectivity index (χ0) is 14.0. The van der Waals surface area contributed by atoms with Gasteiger partial charge in [-0.25, -0.2) is 13.1 Å². The summed E-state index contributed by atoms with van der Waals surface area (Å²) in [7, 11) is -3.63. The highest BCUT2D eigenvalue weighted by Crippen LogP contribution is 2.28. The van der Waals surface area contributed by atoms with Crippen molar-refractivity contribution in [2.75, 3.05) is 12.3 Å². The fourth-order valence-corrected chi connectivity index (χ4v) is 3.84. The average Bonchev–Trinajstić information content (AvgIpc) is 2.29. The van der Waals surface area contributed by atoms with E-state index in [0.29, 0.717) is 25.1 Å². The molecular formula is C12H17ClN2O3S. The predicted octanol–water partition coefficient (Wildman–Crippen LogP) is 1.77. The van der Waals surface area contributed by atoms with E-state index in [4.69, 9.17) is 22.1 Å². The summed E-state index contributed by atoms with van der Waals surface area (Å²) in [5, 5.41) is 0.169. The largest absolute Gasteiger partial charge is 0.399 e. The van der Waals surface area contributed by atoms with Gasteiger partial charge in [-0.1, -0.05) is 11.6 Å². The topological polar surface area (TPSA) is 81.4 Å². The SMILES string of the molecule is CCOC1CC(NS(=O)(=O)c2cc(N)ccc2Cl)C1. The van der Waals surface area contributed by atoms with Gasteiger partial charge in [-0.15, -0.1) is 0 Å². The third-order valence-corrected chi connectivity index (χ3v) is 5.07. The normalized spacial score (nSPS) is 23.1. The molecule has 1 saturated carbocycles. The molecule has 0 bridgehead atoms. The lowest BCUT2D eigenvalue weighted by molar-refractivity contribution is -0.00475. The van der Waals surface area contributed by atoms with E-state index >= 15 is 0 Å². The number of hydrogen-bond donors (Lipinski definition) is 2. The Labute approximate surface area is 118 Å². The Morgan fingerprint density at radius 1 is 1.47 bits per heavy atom. The van der Waals surface area contributed by atoms with Crippen molar-refractivity contribution in [3.63, 3.8) is 0 Å². The second-order valence-corrected chi connectivity index (χ2v) is 6.65. The van der Waals surface area contributed by atoms with Gasteiger partial charge >= 0.3 is 0 Å². The van der Waals surface area contributed by atoms with Crippen LogP contribution in [-0.2, 0) is 14.8 Å². The van der Waals surface area contributed by atoms with Crippen LogP contribution in [0.1, 0.15) is 19.8 Å². The molecule has 1 aromatic rings. The van der Waals surface area contributed by atoms with Crippen LogP contribution < -0.4 is 10.5 Å². The van der Waals surface area contributed by atoms with Crippen LogP contribution in [0.25, 0.3) is 0 Å². The first-order valence-electron chi connectivity index (χ1n) is 6.11. The maximum absolute atomic E-state index is 12.2. The Kier molecular flexibility index (Phi) is 4.35. The highest BCUT2D eigenvalue weighted by atomic mass is 35.5. The molecule has 1 aromatic carbocycles. The summed E-state index contributed by atoms with van der Waals surface area (Å²) in [5.74, 6) is 0. The Balaban J connectivity index is 2.05. The highest BCUT2D eigenvalue weighted by Gasteiger charge is 2.33. The maximum atomic E-state index is 12.2. The quantitative estimate of drug-likeness (QED) is 0.812. The van der Waals surface area contributed by atoms with E-state index in [-0.39, 0.29) is 22.1 Å². The van der Waals surface area contributed by atoms with E-state index in [1.165, 1.54) is 12.1 Å². The van der Waals surface area contributed by atoms with Crippen LogP contribution in [-0.4, -0.2) is 27.2 Å². The lowest BCUT2D eigenvalue weighted by atomic mass is 9.90. The van der Waals surface area contributed by atoms with Gasteiger partial charge in [0.05, 0.1) is 11.1 Å². The monoisotopic (exact) mass is 304 g/mol. The van der Waals surface area contributed by atoms with Crippen molar-refractivity contribution < 1.29 is 13.2 Å². The third kappa shape index (κ3) is 3.39. The molecule has 0 amide bonds. The van der Waals surface area contributed by atoms with Crippen molar-refractivity contribution in [1.82, 2.24) is 4.72 Å². The highest BCUT2D eigenvalue weighted by molar-refractivity contribution is 7.89. The number of nitrogens with two attached hydrogens (primary N) is 1. The van der Waals surface area contributed by atoms with Crippen LogP contribution in [0.15, 0.2) is 23.1 Å². The Bertz CT molecular complexity index is 556. The van der Waals surface area contributed by atoms with Gasteiger partial charge in [-0.05, 0) is 38.0 Å². The lowest BCUT2D eigenvalue weighted by Crippen LogP contribution is -2.47. The number of anilines is 1. The van der Waals surface area contributed by atoms with Gasteiger partial charge in [0.25, 0.3) is 0 Å². The molecule has 1 aliphatic rings. The van der Waals surface area contributed by atoms with E-state index in [2.05, 4.69) is 4.72 Å². The van der Waals surface area contributed by atoms with Crippen LogP contribution in [0.5, 0.6) is 0 Å². The average molecular weight is 305 g/mol. The Morgan fingerprint density at radius 3 is 2.79 bits per heavy atom. The minimum absolute atomic E-state index is 0.0222. The predicted molar refractivity (Wildman–Crippen MR) is 74.6 cm³/mol. The summed E-state index contributed by atoms with van der Waals surface area (Å²) in [6.07, 6.45) is 1.52. The molecule has 0 radical (unpaired) electrons. The lowest BCUT2D eigenvalue weighted by Gasteiger charge is -2.35. The van der Waals surface area contributed by atoms with E-state index in [0.717, 1.165) is 0 Å². The number of hydrogen-bond acceptors (Lipinski definition) is 4. The molecule has 0 aromatic heterocycles. The number of sulfonamides is 1. The molecule has 2 rings (SSSR count). The zero-order valence-corrected chi connectivity index (χ0v) is 12.2. The molecule has 19 heavy (non-hydrogen) atoms. The number of benzene rings is 1. The number of nitrogen functional groups attached to an aromatic ring is 1.